The van der Waals surface area contributed by atoms with Crippen molar-refractivity contribution in [2.45, 2.75) is 70.8 Å². The van der Waals surface area contributed by atoms with Gasteiger partial charge in [0.2, 0.25) is 8.32 Å². The van der Waals surface area contributed by atoms with Crippen molar-refractivity contribution in [3.63, 3.8) is 0 Å². The van der Waals surface area contributed by atoms with E-state index in [0.717, 1.165) is 31.4 Å². The van der Waals surface area contributed by atoms with E-state index in [-0.39, 0.29) is 11.7 Å². The summed E-state index contributed by atoms with van der Waals surface area (Å²) in [4.78, 5) is 12.4. The number of rotatable bonds is 2. The molecular weight excluding hydrogens is 331 g/mol. The Kier molecular flexibility index (Phi) is 3.91. The van der Waals surface area contributed by atoms with Crippen LogP contribution in [-0.4, -0.2) is 20.3 Å². The Hall–Kier alpha value is -1.16. The summed E-state index contributed by atoms with van der Waals surface area (Å²) in [5, 5.41) is 0. The van der Waals surface area contributed by atoms with Gasteiger partial charge in [-0.05, 0) is 92.8 Å². The molecule has 0 N–H and O–H groups in total. The van der Waals surface area contributed by atoms with Gasteiger partial charge in [0, 0.05) is 5.41 Å². The Morgan fingerprint density at radius 2 is 2.00 bits per heavy atom. The molecule has 2 nitrogen and oxygen atoms in total. The summed E-state index contributed by atoms with van der Waals surface area (Å²) in [7, 11) is -1.60. The fourth-order valence-corrected chi connectivity index (χ4v) is 6.56. The first-order valence-corrected chi connectivity index (χ1v) is 13.1. The zero-order valence-corrected chi connectivity index (χ0v) is 16.8. The van der Waals surface area contributed by atoms with Crippen LogP contribution in [0.1, 0.15) is 49.7 Å². The zero-order valence-electron chi connectivity index (χ0n) is 15.8. The highest BCUT2D eigenvalue weighted by Gasteiger charge is 2.58. The van der Waals surface area contributed by atoms with E-state index in [2.05, 4.69) is 37.8 Å². The number of ketones is 1. The van der Waals surface area contributed by atoms with Crippen LogP contribution >= 0.6 is 0 Å². The van der Waals surface area contributed by atoms with Crippen molar-refractivity contribution in [1.82, 2.24) is 0 Å². The van der Waals surface area contributed by atoms with Crippen LogP contribution in [0.15, 0.2) is 18.2 Å². The monoisotopic (exact) mass is 360 g/mol. The van der Waals surface area contributed by atoms with E-state index in [9.17, 15) is 9.18 Å². The first kappa shape index (κ1) is 17.3. The average Bonchev–Trinajstić information content (AvgIpc) is 2.76. The molecule has 25 heavy (non-hydrogen) atoms. The molecule has 0 radical (unpaired) electrons. The molecule has 0 heterocycles. The van der Waals surface area contributed by atoms with E-state index in [1.165, 1.54) is 11.1 Å². The molecule has 0 aliphatic heterocycles. The van der Waals surface area contributed by atoms with Crippen LogP contribution in [0.3, 0.4) is 0 Å². The van der Waals surface area contributed by atoms with E-state index in [0.29, 0.717) is 18.3 Å². The summed E-state index contributed by atoms with van der Waals surface area (Å²) < 4.78 is 20.3. The topological polar surface area (TPSA) is 26.3 Å². The largest absolute Gasteiger partial charge is 0.544 e. The fraction of sp³-hybridized carbons (Fsp3) is 0.667. The first-order chi connectivity index (χ1) is 11.7. The van der Waals surface area contributed by atoms with Gasteiger partial charge in [-0.25, -0.2) is 4.39 Å². The molecule has 1 aromatic carbocycles. The molecule has 0 bridgehead atoms. The number of halogens is 1. The molecule has 1 aromatic rings. The van der Waals surface area contributed by atoms with E-state index < -0.39 is 19.9 Å². The minimum Gasteiger partial charge on any atom is -0.544 e. The molecule has 3 aliphatic carbocycles. The third-order valence-corrected chi connectivity index (χ3v) is 7.67. The molecular formula is C21H29FO2Si. The summed E-state index contributed by atoms with van der Waals surface area (Å²) in [5.74, 6) is 2.04. The summed E-state index contributed by atoms with van der Waals surface area (Å²) in [6, 6.07) is 6.59. The number of carbonyl (C=O) groups excluding carboxylic acids is 1. The summed E-state index contributed by atoms with van der Waals surface area (Å²) in [6.45, 7) is 8.63. The molecule has 4 heteroatoms. The summed E-state index contributed by atoms with van der Waals surface area (Å²) in [6.07, 6.45) is 3.17. The fourth-order valence-electron chi connectivity index (χ4n) is 5.72. The van der Waals surface area contributed by atoms with Crippen LogP contribution in [0.4, 0.5) is 4.39 Å². The predicted octanol–water partition coefficient (Wildman–Crippen LogP) is 5.27. The highest BCUT2D eigenvalue weighted by Crippen LogP contribution is 2.60. The second-order valence-electron chi connectivity index (χ2n) is 9.51. The normalized spacial score (nSPS) is 37.2. The SMILES string of the molecule is C[C@]12CC[C@@H]3c4ccc(O[Si](C)(C)C)cc4CC[C@H]3[C@@H]1C[C@@H](F)C2=O. The Labute approximate surface area is 151 Å². The van der Waals surface area contributed by atoms with Crippen LogP contribution in [0.2, 0.25) is 19.6 Å². The van der Waals surface area contributed by atoms with Crippen molar-refractivity contribution in [3.05, 3.63) is 29.3 Å². The minimum absolute atomic E-state index is 0.124. The maximum atomic E-state index is 14.2. The van der Waals surface area contributed by atoms with E-state index >= 15 is 0 Å². The summed E-state index contributed by atoms with van der Waals surface area (Å²) >= 11 is 0. The highest BCUT2D eigenvalue weighted by molar-refractivity contribution is 6.70. The molecule has 3 aliphatic rings. The lowest BCUT2D eigenvalue weighted by molar-refractivity contribution is -0.132. The number of Topliss-reactive ketones (excluding diaryl/α,β-unsaturated/α-hetero) is 1. The van der Waals surface area contributed by atoms with Gasteiger partial charge in [0.05, 0.1) is 0 Å². The Balaban J connectivity index is 1.63. The second-order valence-corrected chi connectivity index (χ2v) is 13.9. The van der Waals surface area contributed by atoms with Crippen LogP contribution in [0.5, 0.6) is 5.75 Å². The molecule has 0 aromatic heterocycles. The highest BCUT2D eigenvalue weighted by atomic mass is 28.4. The number of hydrogen-bond donors (Lipinski definition) is 0. The van der Waals surface area contributed by atoms with Crippen LogP contribution in [-0.2, 0) is 11.2 Å². The lowest BCUT2D eigenvalue weighted by Crippen LogP contribution is -2.42. The lowest BCUT2D eigenvalue weighted by Gasteiger charge is -2.48. The standard InChI is InChI=1S/C21H29FO2Si/c1-21-10-9-16-15-8-6-14(24-25(2,3)4)11-13(15)5-7-17(16)18(21)12-19(22)20(21)23/h6,8,11,16-19H,5,7,9-10,12H2,1-4H3/t16-,17-,18+,19-,21+/m1/s1. The minimum atomic E-state index is -1.60. The van der Waals surface area contributed by atoms with Crippen molar-refractivity contribution in [2.24, 2.45) is 17.3 Å². The molecule has 0 unspecified atom stereocenters. The van der Waals surface area contributed by atoms with Crippen molar-refractivity contribution in [2.75, 3.05) is 0 Å². The van der Waals surface area contributed by atoms with Gasteiger partial charge in [0.15, 0.2) is 12.0 Å². The molecule has 5 atom stereocenters. The van der Waals surface area contributed by atoms with Gasteiger partial charge in [0.1, 0.15) is 5.75 Å². The summed E-state index contributed by atoms with van der Waals surface area (Å²) in [5.41, 5.74) is 2.41. The van der Waals surface area contributed by atoms with E-state index in [1.807, 2.05) is 6.92 Å². The Bertz CT molecular complexity index is 710. The van der Waals surface area contributed by atoms with Gasteiger partial charge in [-0.3, -0.25) is 4.79 Å². The Morgan fingerprint density at radius 3 is 2.72 bits per heavy atom. The Morgan fingerprint density at radius 1 is 1.24 bits per heavy atom. The number of carbonyl (C=O) groups is 1. The third kappa shape index (κ3) is 2.77. The van der Waals surface area contributed by atoms with Gasteiger partial charge in [-0.15, -0.1) is 0 Å². The molecule has 0 saturated heterocycles. The first-order valence-electron chi connectivity index (χ1n) is 9.69. The molecule has 2 saturated carbocycles. The van der Waals surface area contributed by atoms with Gasteiger partial charge in [-0.2, -0.15) is 0 Å². The molecule has 2 fully saturated rings. The van der Waals surface area contributed by atoms with Gasteiger partial charge in [-0.1, -0.05) is 13.0 Å². The number of fused-ring (bicyclic) bond motifs is 5. The van der Waals surface area contributed by atoms with Gasteiger partial charge < -0.3 is 4.43 Å². The maximum Gasteiger partial charge on any atom is 0.242 e. The molecule has 4 rings (SSSR count). The smallest absolute Gasteiger partial charge is 0.242 e. The van der Waals surface area contributed by atoms with Crippen molar-refractivity contribution >= 4 is 14.1 Å². The van der Waals surface area contributed by atoms with E-state index in [1.54, 1.807) is 0 Å². The van der Waals surface area contributed by atoms with E-state index in [4.69, 9.17) is 4.43 Å². The predicted molar refractivity (Wildman–Crippen MR) is 100 cm³/mol. The quantitative estimate of drug-likeness (QED) is 0.671. The van der Waals surface area contributed by atoms with Gasteiger partial charge in [0.25, 0.3) is 0 Å². The van der Waals surface area contributed by atoms with Crippen molar-refractivity contribution in [3.8, 4) is 5.75 Å². The van der Waals surface area contributed by atoms with Crippen LogP contribution < -0.4 is 4.43 Å². The lowest BCUT2D eigenvalue weighted by atomic mass is 9.55. The zero-order chi connectivity index (χ0) is 18.0. The van der Waals surface area contributed by atoms with Crippen LogP contribution in [0.25, 0.3) is 0 Å². The van der Waals surface area contributed by atoms with Gasteiger partial charge >= 0.3 is 0 Å². The second kappa shape index (κ2) is 5.67. The van der Waals surface area contributed by atoms with Crippen molar-refractivity contribution < 1.29 is 13.6 Å². The molecule has 0 spiro atoms. The maximum absolute atomic E-state index is 14.2. The van der Waals surface area contributed by atoms with Crippen LogP contribution in [0, 0.1) is 17.3 Å². The average molecular weight is 361 g/mol. The number of hydrogen-bond acceptors (Lipinski definition) is 2. The van der Waals surface area contributed by atoms with Crippen molar-refractivity contribution in [1.29, 1.82) is 0 Å². The number of aryl methyl sites for hydroxylation is 1. The molecule has 0 amide bonds. The molecule has 136 valence electrons. The third-order valence-electron chi connectivity index (χ3n) is 6.82. The number of alkyl halides is 1. The number of benzene rings is 1.